The van der Waals surface area contributed by atoms with Crippen LogP contribution in [0.15, 0.2) is 72.8 Å². The van der Waals surface area contributed by atoms with E-state index in [4.69, 9.17) is 4.74 Å². The van der Waals surface area contributed by atoms with Gasteiger partial charge in [0.05, 0.1) is 0 Å². The minimum absolute atomic E-state index is 0.222. The summed E-state index contributed by atoms with van der Waals surface area (Å²) < 4.78 is 5.00. The van der Waals surface area contributed by atoms with Gasteiger partial charge in [-0.05, 0) is 55.0 Å². The first-order chi connectivity index (χ1) is 13.9. The standard InChI is InChI=1S/C23H20N2O4/c1-15-7-3-4-12-21(15)23(28)25-19-10-6-9-18(14-19)24-22(27)17-8-5-11-20(13-17)29-16(2)26/h3-14H,1-2H3,(H,24,27)(H,25,28). The molecule has 3 aromatic rings. The average molecular weight is 388 g/mol. The summed E-state index contributed by atoms with van der Waals surface area (Å²) in [6.45, 7) is 3.17. The smallest absolute Gasteiger partial charge is 0.308 e. The van der Waals surface area contributed by atoms with Crippen molar-refractivity contribution in [2.24, 2.45) is 0 Å². The summed E-state index contributed by atoms with van der Waals surface area (Å²) in [4.78, 5) is 36.1. The largest absolute Gasteiger partial charge is 0.427 e. The Morgan fingerprint density at radius 3 is 2.10 bits per heavy atom. The first-order valence-electron chi connectivity index (χ1n) is 8.99. The summed E-state index contributed by atoms with van der Waals surface area (Å²) in [7, 11) is 0. The zero-order valence-corrected chi connectivity index (χ0v) is 16.1. The SMILES string of the molecule is CC(=O)Oc1cccc(C(=O)Nc2cccc(NC(=O)c3ccccc3C)c2)c1. The molecule has 3 aromatic carbocycles. The van der Waals surface area contributed by atoms with Gasteiger partial charge in [-0.15, -0.1) is 0 Å². The molecule has 2 amide bonds. The first-order valence-corrected chi connectivity index (χ1v) is 8.99. The molecule has 29 heavy (non-hydrogen) atoms. The highest BCUT2D eigenvalue weighted by Crippen LogP contribution is 2.19. The average Bonchev–Trinajstić information content (AvgIpc) is 2.68. The number of rotatable bonds is 5. The zero-order valence-electron chi connectivity index (χ0n) is 16.1. The monoisotopic (exact) mass is 388 g/mol. The fourth-order valence-corrected chi connectivity index (χ4v) is 2.77. The van der Waals surface area contributed by atoms with E-state index in [1.807, 2.05) is 25.1 Å². The predicted octanol–water partition coefficient (Wildman–Crippen LogP) is 4.42. The Bertz CT molecular complexity index is 1080. The number of ether oxygens (including phenoxy) is 1. The molecular weight excluding hydrogens is 368 g/mol. The van der Waals surface area contributed by atoms with E-state index in [9.17, 15) is 14.4 Å². The van der Waals surface area contributed by atoms with Crippen molar-refractivity contribution in [1.82, 2.24) is 0 Å². The Balaban J connectivity index is 1.71. The van der Waals surface area contributed by atoms with Crippen LogP contribution in [0.4, 0.5) is 11.4 Å². The molecule has 0 bridgehead atoms. The summed E-state index contributed by atoms with van der Waals surface area (Å²) in [6.07, 6.45) is 0. The molecule has 0 unspecified atom stereocenters. The van der Waals surface area contributed by atoms with Crippen LogP contribution in [0.25, 0.3) is 0 Å². The molecule has 0 aliphatic heterocycles. The highest BCUT2D eigenvalue weighted by molar-refractivity contribution is 6.07. The lowest BCUT2D eigenvalue weighted by Crippen LogP contribution is -2.15. The second-order valence-corrected chi connectivity index (χ2v) is 6.43. The maximum Gasteiger partial charge on any atom is 0.308 e. The van der Waals surface area contributed by atoms with E-state index in [2.05, 4.69) is 10.6 Å². The van der Waals surface area contributed by atoms with E-state index in [-0.39, 0.29) is 11.8 Å². The van der Waals surface area contributed by atoms with Gasteiger partial charge in [-0.25, -0.2) is 0 Å². The van der Waals surface area contributed by atoms with Gasteiger partial charge in [-0.1, -0.05) is 30.3 Å². The molecule has 0 radical (unpaired) electrons. The maximum absolute atomic E-state index is 12.5. The van der Waals surface area contributed by atoms with Gasteiger partial charge < -0.3 is 15.4 Å². The van der Waals surface area contributed by atoms with E-state index in [1.165, 1.54) is 13.0 Å². The molecular formula is C23H20N2O4. The quantitative estimate of drug-likeness (QED) is 0.500. The molecule has 0 spiro atoms. The molecule has 0 heterocycles. The summed E-state index contributed by atoms with van der Waals surface area (Å²) in [5.41, 5.74) is 2.89. The van der Waals surface area contributed by atoms with Crippen LogP contribution in [0.5, 0.6) is 5.75 Å². The third-order valence-electron chi connectivity index (χ3n) is 4.13. The van der Waals surface area contributed by atoms with E-state index in [1.54, 1.807) is 48.5 Å². The molecule has 6 heteroatoms. The molecule has 0 aliphatic carbocycles. The maximum atomic E-state index is 12.5. The van der Waals surface area contributed by atoms with E-state index < -0.39 is 5.97 Å². The van der Waals surface area contributed by atoms with E-state index in [0.29, 0.717) is 28.3 Å². The summed E-state index contributed by atoms with van der Waals surface area (Å²) in [6, 6.07) is 20.5. The molecule has 0 fully saturated rings. The molecule has 0 saturated heterocycles. The van der Waals surface area contributed by atoms with Crippen LogP contribution in [0.1, 0.15) is 33.2 Å². The van der Waals surface area contributed by atoms with Crippen molar-refractivity contribution >= 4 is 29.2 Å². The zero-order chi connectivity index (χ0) is 20.8. The Labute approximate surface area is 168 Å². The van der Waals surface area contributed by atoms with Gasteiger partial charge in [0.1, 0.15) is 5.75 Å². The normalized spacial score (nSPS) is 10.1. The fourth-order valence-electron chi connectivity index (χ4n) is 2.77. The van der Waals surface area contributed by atoms with Crippen molar-refractivity contribution in [1.29, 1.82) is 0 Å². The van der Waals surface area contributed by atoms with E-state index >= 15 is 0 Å². The minimum Gasteiger partial charge on any atom is -0.427 e. The number of aryl methyl sites for hydroxylation is 1. The number of carbonyl (C=O) groups excluding carboxylic acids is 3. The Morgan fingerprint density at radius 2 is 1.41 bits per heavy atom. The Kier molecular flexibility index (Phi) is 6.04. The first kappa shape index (κ1) is 19.8. The topological polar surface area (TPSA) is 84.5 Å². The van der Waals surface area contributed by atoms with Crippen LogP contribution in [-0.2, 0) is 4.79 Å². The van der Waals surface area contributed by atoms with Crippen LogP contribution >= 0.6 is 0 Å². The predicted molar refractivity (Wildman–Crippen MR) is 111 cm³/mol. The van der Waals surface area contributed by atoms with Crippen LogP contribution in [0.2, 0.25) is 0 Å². The molecule has 2 N–H and O–H groups in total. The minimum atomic E-state index is -0.459. The molecule has 146 valence electrons. The summed E-state index contributed by atoms with van der Waals surface area (Å²) >= 11 is 0. The third kappa shape index (κ3) is 5.29. The van der Waals surface area contributed by atoms with Crippen molar-refractivity contribution < 1.29 is 19.1 Å². The van der Waals surface area contributed by atoms with Gasteiger partial charge in [0.15, 0.2) is 0 Å². The van der Waals surface area contributed by atoms with Crippen molar-refractivity contribution in [3.05, 3.63) is 89.5 Å². The number of anilines is 2. The third-order valence-corrected chi connectivity index (χ3v) is 4.13. The molecule has 6 nitrogen and oxygen atoms in total. The lowest BCUT2D eigenvalue weighted by atomic mass is 10.1. The molecule has 0 aliphatic rings. The second-order valence-electron chi connectivity index (χ2n) is 6.43. The number of carbonyl (C=O) groups is 3. The fraction of sp³-hybridized carbons (Fsp3) is 0.0870. The Morgan fingerprint density at radius 1 is 0.759 bits per heavy atom. The molecule has 3 rings (SSSR count). The van der Waals surface area contributed by atoms with Crippen molar-refractivity contribution in [2.45, 2.75) is 13.8 Å². The van der Waals surface area contributed by atoms with Gasteiger partial charge in [-0.2, -0.15) is 0 Å². The van der Waals surface area contributed by atoms with Gasteiger partial charge in [0.25, 0.3) is 11.8 Å². The number of amides is 2. The Hall–Kier alpha value is -3.93. The lowest BCUT2D eigenvalue weighted by molar-refractivity contribution is -0.131. The van der Waals surface area contributed by atoms with Crippen LogP contribution < -0.4 is 15.4 Å². The molecule has 0 aromatic heterocycles. The van der Waals surface area contributed by atoms with Crippen LogP contribution in [-0.4, -0.2) is 17.8 Å². The van der Waals surface area contributed by atoms with Crippen molar-refractivity contribution in [3.63, 3.8) is 0 Å². The van der Waals surface area contributed by atoms with Gasteiger partial charge in [-0.3, -0.25) is 14.4 Å². The number of esters is 1. The number of benzene rings is 3. The highest BCUT2D eigenvalue weighted by Gasteiger charge is 2.11. The number of hydrogen-bond acceptors (Lipinski definition) is 4. The molecule has 0 saturated carbocycles. The lowest BCUT2D eigenvalue weighted by Gasteiger charge is -2.10. The number of hydrogen-bond donors (Lipinski definition) is 2. The second kappa shape index (κ2) is 8.84. The van der Waals surface area contributed by atoms with Crippen molar-refractivity contribution in [2.75, 3.05) is 10.6 Å². The van der Waals surface area contributed by atoms with E-state index in [0.717, 1.165) is 5.56 Å². The molecule has 0 atom stereocenters. The van der Waals surface area contributed by atoms with Gasteiger partial charge >= 0.3 is 5.97 Å². The van der Waals surface area contributed by atoms with Gasteiger partial charge in [0.2, 0.25) is 0 Å². The summed E-state index contributed by atoms with van der Waals surface area (Å²) in [5.74, 6) is -0.744. The summed E-state index contributed by atoms with van der Waals surface area (Å²) in [5, 5.41) is 5.61. The van der Waals surface area contributed by atoms with Crippen molar-refractivity contribution in [3.8, 4) is 5.75 Å². The highest BCUT2D eigenvalue weighted by atomic mass is 16.5. The number of nitrogens with one attached hydrogen (secondary N) is 2. The van der Waals surface area contributed by atoms with Crippen LogP contribution in [0, 0.1) is 6.92 Å². The van der Waals surface area contributed by atoms with Gasteiger partial charge in [0, 0.05) is 29.4 Å². The van der Waals surface area contributed by atoms with Crippen LogP contribution in [0.3, 0.4) is 0 Å².